The molecule has 1 unspecified atom stereocenters. The van der Waals surface area contributed by atoms with Crippen molar-refractivity contribution >= 4 is 28.6 Å². The Morgan fingerprint density at radius 3 is 2.69 bits per heavy atom. The molecule has 0 aliphatic carbocycles. The van der Waals surface area contributed by atoms with Crippen LogP contribution < -0.4 is 4.72 Å². The van der Waals surface area contributed by atoms with Crippen LogP contribution in [0.5, 0.6) is 0 Å². The van der Waals surface area contributed by atoms with Crippen molar-refractivity contribution in [1.29, 1.82) is 0 Å². The molecule has 6 heteroatoms. The van der Waals surface area contributed by atoms with E-state index in [9.17, 15) is 9.00 Å². The normalized spacial score (nSPS) is 20.7. The lowest BCUT2D eigenvalue weighted by Gasteiger charge is -2.26. The van der Waals surface area contributed by atoms with E-state index in [0.717, 1.165) is 5.56 Å². The minimum Gasteiger partial charge on any atom is -0.319 e. The van der Waals surface area contributed by atoms with Crippen molar-refractivity contribution < 1.29 is 9.00 Å². The van der Waals surface area contributed by atoms with Gasteiger partial charge in [-0.2, -0.15) is 0 Å². The number of halogens is 1. The first-order chi connectivity index (χ1) is 7.65. The van der Waals surface area contributed by atoms with Gasteiger partial charge < -0.3 is 4.90 Å². The van der Waals surface area contributed by atoms with Gasteiger partial charge in [-0.1, -0.05) is 23.7 Å². The van der Waals surface area contributed by atoms with E-state index in [2.05, 4.69) is 4.72 Å². The van der Waals surface area contributed by atoms with Gasteiger partial charge >= 0.3 is 6.03 Å². The maximum atomic E-state index is 11.5. The molecule has 0 spiro atoms. The zero-order valence-corrected chi connectivity index (χ0v) is 10.1. The van der Waals surface area contributed by atoms with Crippen molar-refractivity contribution in [3.8, 4) is 0 Å². The number of hydrogen-bond donors (Lipinski definition) is 1. The van der Waals surface area contributed by atoms with E-state index in [-0.39, 0.29) is 6.03 Å². The Labute approximate surface area is 101 Å². The van der Waals surface area contributed by atoms with Crippen molar-refractivity contribution in [2.45, 2.75) is 6.54 Å². The van der Waals surface area contributed by atoms with Gasteiger partial charge in [0.25, 0.3) is 0 Å². The van der Waals surface area contributed by atoms with Crippen molar-refractivity contribution in [3.05, 3.63) is 34.9 Å². The van der Waals surface area contributed by atoms with E-state index in [0.29, 0.717) is 23.9 Å². The minimum atomic E-state index is -1.21. The molecule has 0 aromatic heterocycles. The highest BCUT2D eigenvalue weighted by Crippen LogP contribution is 2.12. The summed E-state index contributed by atoms with van der Waals surface area (Å²) in [7, 11) is -1.21. The first kappa shape index (κ1) is 11.4. The number of rotatable bonds is 2. The molecule has 1 saturated heterocycles. The fourth-order valence-corrected chi connectivity index (χ4v) is 2.41. The summed E-state index contributed by atoms with van der Waals surface area (Å²) in [6.45, 7) is 1.03. The van der Waals surface area contributed by atoms with E-state index < -0.39 is 11.0 Å². The highest BCUT2D eigenvalue weighted by Gasteiger charge is 2.21. The van der Waals surface area contributed by atoms with Crippen LogP contribution in [-0.2, 0) is 17.5 Å². The molecule has 0 radical (unpaired) electrons. The molecule has 86 valence electrons. The van der Waals surface area contributed by atoms with Crippen LogP contribution in [0.3, 0.4) is 0 Å². The second-order valence-corrected chi connectivity index (χ2v) is 5.24. The molecule has 1 fully saturated rings. The molecule has 4 nitrogen and oxygen atoms in total. The zero-order valence-electron chi connectivity index (χ0n) is 8.48. The van der Waals surface area contributed by atoms with Crippen LogP contribution >= 0.6 is 11.6 Å². The van der Waals surface area contributed by atoms with E-state index in [1.54, 1.807) is 17.0 Å². The summed E-state index contributed by atoms with van der Waals surface area (Å²) in [4.78, 5) is 13.1. The van der Waals surface area contributed by atoms with Crippen molar-refractivity contribution in [2.75, 3.05) is 12.3 Å². The van der Waals surface area contributed by atoms with Crippen LogP contribution in [0.25, 0.3) is 0 Å². The third-order valence-corrected chi connectivity index (χ3v) is 3.53. The van der Waals surface area contributed by atoms with Gasteiger partial charge in [-0.15, -0.1) is 0 Å². The lowest BCUT2D eigenvalue weighted by atomic mass is 10.2. The van der Waals surface area contributed by atoms with Crippen LogP contribution in [0.2, 0.25) is 5.02 Å². The average molecular weight is 259 g/mol. The van der Waals surface area contributed by atoms with Gasteiger partial charge in [0.2, 0.25) is 0 Å². The van der Waals surface area contributed by atoms with Crippen LogP contribution in [0.4, 0.5) is 4.79 Å². The predicted octanol–water partition coefficient (Wildman–Crippen LogP) is 1.53. The second-order valence-electron chi connectivity index (χ2n) is 3.50. The van der Waals surface area contributed by atoms with Crippen molar-refractivity contribution in [2.24, 2.45) is 0 Å². The summed E-state index contributed by atoms with van der Waals surface area (Å²) in [5.74, 6) is 0.472. The summed E-state index contributed by atoms with van der Waals surface area (Å²) in [6.07, 6.45) is 0. The van der Waals surface area contributed by atoms with E-state index in [1.165, 1.54) is 0 Å². The first-order valence-corrected chi connectivity index (χ1v) is 6.53. The third-order valence-electron chi connectivity index (χ3n) is 2.32. The van der Waals surface area contributed by atoms with Gasteiger partial charge in [0.05, 0.1) is 5.75 Å². The molecule has 16 heavy (non-hydrogen) atoms. The fraction of sp³-hybridized carbons (Fsp3) is 0.300. The lowest BCUT2D eigenvalue weighted by Crippen LogP contribution is -2.48. The van der Waals surface area contributed by atoms with Gasteiger partial charge in [-0.3, -0.25) is 4.72 Å². The lowest BCUT2D eigenvalue weighted by molar-refractivity contribution is 0.202. The standard InChI is InChI=1S/C10H11ClN2O2S/c11-9-3-1-8(2-4-9)7-13-5-6-16(15)12-10(13)14/h1-4H,5-7H2,(H,12,14). The van der Waals surface area contributed by atoms with E-state index in [4.69, 9.17) is 11.6 Å². The second kappa shape index (κ2) is 4.84. The molecule has 1 N–H and O–H groups in total. The Hall–Kier alpha value is -1.07. The van der Waals surface area contributed by atoms with Crippen molar-refractivity contribution in [3.63, 3.8) is 0 Å². The Kier molecular flexibility index (Phi) is 3.46. The summed E-state index contributed by atoms with van der Waals surface area (Å²) in [6, 6.07) is 7.05. The molecule has 1 heterocycles. The van der Waals surface area contributed by atoms with Gasteiger partial charge in [0, 0.05) is 18.1 Å². The van der Waals surface area contributed by atoms with Crippen molar-refractivity contribution in [1.82, 2.24) is 9.62 Å². The number of nitrogens with one attached hydrogen (secondary N) is 1. The molecule has 1 aromatic rings. The monoisotopic (exact) mass is 258 g/mol. The predicted molar refractivity (Wildman–Crippen MR) is 63.4 cm³/mol. The Morgan fingerprint density at radius 1 is 1.38 bits per heavy atom. The molecule has 1 aliphatic rings. The quantitative estimate of drug-likeness (QED) is 0.875. The molecule has 2 amide bonds. The maximum absolute atomic E-state index is 11.5. The Morgan fingerprint density at radius 2 is 2.06 bits per heavy atom. The number of carbonyl (C=O) groups excluding carboxylic acids is 1. The molecule has 0 bridgehead atoms. The molecule has 1 aliphatic heterocycles. The van der Waals surface area contributed by atoms with Gasteiger partial charge in [0.1, 0.15) is 11.0 Å². The highest BCUT2D eigenvalue weighted by molar-refractivity contribution is 7.83. The topological polar surface area (TPSA) is 49.4 Å². The average Bonchev–Trinajstić information content (AvgIpc) is 2.25. The third kappa shape index (κ3) is 2.74. The maximum Gasteiger partial charge on any atom is 0.329 e. The smallest absolute Gasteiger partial charge is 0.319 e. The summed E-state index contributed by atoms with van der Waals surface area (Å²) >= 11 is 5.77. The Balaban J connectivity index is 2.02. The van der Waals surface area contributed by atoms with E-state index in [1.807, 2.05) is 12.1 Å². The zero-order chi connectivity index (χ0) is 11.5. The number of carbonyl (C=O) groups is 1. The van der Waals surface area contributed by atoms with Crippen LogP contribution in [-0.4, -0.2) is 27.4 Å². The number of urea groups is 1. The molecule has 1 atom stereocenters. The number of amides is 2. The molecular weight excluding hydrogens is 248 g/mol. The minimum absolute atomic E-state index is 0.278. The summed E-state index contributed by atoms with van der Waals surface area (Å²) < 4.78 is 13.4. The number of benzene rings is 1. The first-order valence-electron chi connectivity index (χ1n) is 4.83. The summed E-state index contributed by atoms with van der Waals surface area (Å²) in [5.41, 5.74) is 1.01. The van der Waals surface area contributed by atoms with Gasteiger partial charge in [-0.25, -0.2) is 9.00 Å². The fourth-order valence-electron chi connectivity index (χ4n) is 1.47. The molecule has 1 aromatic carbocycles. The largest absolute Gasteiger partial charge is 0.329 e. The highest BCUT2D eigenvalue weighted by atomic mass is 35.5. The van der Waals surface area contributed by atoms with Gasteiger partial charge in [-0.05, 0) is 17.7 Å². The number of hydrogen-bond acceptors (Lipinski definition) is 2. The molecule has 0 saturated carbocycles. The number of nitrogens with zero attached hydrogens (tertiary/aromatic N) is 1. The van der Waals surface area contributed by atoms with E-state index >= 15 is 0 Å². The van der Waals surface area contributed by atoms with Crippen LogP contribution in [0.1, 0.15) is 5.56 Å². The SMILES string of the molecule is O=C1NS(=O)CCN1Cc1ccc(Cl)cc1. The summed E-state index contributed by atoms with van der Waals surface area (Å²) in [5, 5.41) is 0.674. The van der Waals surface area contributed by atoms with Crippen LogP contribution in [0.15, 0.2) is 24.3 Å². The molecule has 2 rings (SSSR count). The van der Waals surface area contributed by atoms with Crippen LogP contribution in [0, 0.1) is 0 Å². The molecular formula is C10H11ClN2O2S. The van der Waals surface area contributed by atoms with Gasteiger partial charge in [0.15, 0.2) is 0 Å². The Bertz CT molecular complexity index is 421.